The molecule has 1 fully saturated rings. The second-order valence-electron chi connectivity index (χ2n) is 5.44. The van der Waals surface area contributed by atoms with Gasteiger partial charge in [-0.25, -0.2) is 14.4 Å². The highest BCUT2D eigenvalue weighted by molar-refractivity contribution is 5.76. The molecule has 0 bridgehead atoms. The Morgan fingerprint density at radius 2 is 2.23 bits per heavy atom. The van der Waals surface area contributed by atoms with Gasteiger partial charge in [0.1, 0.15) is 17.5 Å². The molecule has 0 unspecified atom stereocenters. The van der Waals surface area contributed by atoms with E-state index in [0.29, 0.717) is 17.0 Å². The molecule has 3 heterocycles. The fourth-order valence-corrected chi connectivity index (χ4v) is 2.68. The van der Waals surface area contributed by atoms with Crippen LogP contribution in [0.2, 0.25) is 0 Å². The van der Waals surface area contributed by atoms with Crippen molar-refractivity contribution in [2.24, 2.45) is 0 Å². The van der Waals surface area contributed by atoms with Gasteiger partial charge in [0, 0.05) is 0 Å². The van der Waals surface area contributed by atoms with Crippen molar-refractivity contribution in [3.05, 3.63) is 12.2 Å². The first-order valence-corrected chi connectivity index (χ1v) is 6.78. The lowest BCUT2D eigenvalue weighted by Crippen LogP contribution is -2.41. The number of nitrogens with zero attached hydrogens (tertiary/aromatic N) is 4. The molecule has 4 atom stereocenters. The number of ether oxygens (including phenoxy) is 2. The Labute approximate surface area is 125 Å². The van der Waals surface area contributed by atoms with E-state index >= 15 is 0 Å². The summed E-state index contributed by atoms with van der Waals surface area (Å²) in [5, 5.41) is 19.6. The summed E-state index contributed by atoms with van der Waals surface area (Å²) in [6.07, 6.45) is -2.52. The quantitative estimate of drug-likeness (QED) is 0.830. The van der Waals surface area contributed by atoms with Crippen LogP contribution in [-0.4, -0.2) is 61.3 Å². The predicted molar refractivity (Wildman–Crippen MR) is 73.1 cm³/mol. The van der Waals surface area contributed by atoms with Crippen molar-refractivity contribution in [2.45, 2.75) is 38.0 Å². The molecule has 1 saturated heterocycles. The van der Waals surface area contributed by atoms with E-state index in [0.717, 1.165) is 0 Å². The lowest BCUT2D eigenvalue weighted by atomic mass is 9.98. The van der Waals surface area contributed by atoms with Crippen molar-refractivity contribution in [2.75, 3.05) is 13.7 Å². The van der Waals surface area contributed by atoms with Crippen molar-refractivity contribution in [3.63, 3.8) is 0 Å². The molecule has 0 saturated carbocycles. The van der Waals surface area contributed by atoms with Gasteiger partial charge in [-0.15, -0.1) is 0 Å². The number of halogens is 1. The van der Waals surface area contributed by atoms with E-state index in [1.54, 1.807) is 6.92 Å². The van der Waals surface area contributed by atoms with Gasteiger partial charge in [0.25, 0.3) is 0 Å². The summed E-state index contributed by atoms with van der Waals surface area (Å²) in [5.74, 6) is 0.730. The first kappa shape index (κ1) is 15.1. The van der Waals surface area contributed by atoms with Crippen molar-refractivity contribution >= 4 is 11.2 Å². The molecule has 0 radical (unpaired) electrons. The Morgan fingerprint density at radius 1 is 1.50 bits per heavy atom. The maximum atomic E-state index is 14.2. The van der Waals surface area contributed by atoms with E-state index in [9.17, 15) is 14.6 Å². The predicted octanol–water partition coefficient (Wildman–Crippen LogP) is 0.122. The van der Waals surface area contributed by atoms with Crippen LogP contribution in [0.15, 0.2) is 6.33 Å². The molecule has 0 aliphatic carbocycles. The number of aryl methyl sites for hydroxylation is 1. The summed E-state index contributed by atoms with van der Waals surface area (Å²) in [6, 6.07) is 0. The van der Waals surface area contributed by atoms with Gasteiger partial charge in [-0.2, -0.15) is 4.98 Å². The summed E-state index contributed by atoms with van der Waals surface area (Å²) in [6.45, 7) is 2.47. The van der Waals surface area contributed by atoms with Crippen LogP contribution in [0.5, 0.6) is 5.88 Å². The molecular formula is C13H17FN4O4. The molecule has 3 rings (SSSR count). The van der Waals surface area contributed by atoms with Gasteiger partial charge in [0.2, 0.25) is 5.88 Å². The maximum absolute atomic E-state index is 14.2. The second-order valence-corrected chi connectivity index (χ2v) is 5.44. The number of hydrogen-bond acceptors (Lipinski definition) is 7. The molecule has 2 aromatic rings. The number of imidazole rings is 1. The van der Waals surface area contributed by atoms with Crippen LogP contribution in [0.1, 0.15) is 19.0 Å². The van der Waals surface area contributed by atoms with Gasteiger partial charge in [-0.05, 0) is 13.8 Å². The molecule has 8 nitrogen and oxygen atoms in total. The van der Waals surface area contributed by atoms with Gasteiger partial charge in [0.15, 0.2) is 23.6 Å². The van der Waals surface area contributed by atoms with Gasteiger partial charge < -0.3 is 19.7 Å². The topological polar surface area (TPSA) is 103 Å². The average Bonchev–Trinajstić information content (AvgIpc) is 2.98. The molecule has 0 aromatic carbocycles. The lowest BCUT2D eigenvalue weighted by molar-refractivity contribution is -0.0892. The molecule has 120 valence electrons. The van der Waals surface area contributed by atoms with Crippen molar-refractivity contribution in [3.8, 4) is 5.88 Å². The van der Waals surface area contributed by atoms with Crippen LogP contribution in [0.3, 0.4) is 0 Å². The van der Waals surface area contributed by atoms with Crippen LogP contribution in [0.25, 0.3) is 11.2 Å². The zero-order chi connectivity index (χ0) is 16.1. The smallest absolute Gasteiger partial charge is 0.245 e. The van der Waals surface area contributed by atoms with E-state index in [1.807, 2.05) is 0 Å². The molecule has 1 aliphatic heterocycles. The first-order chi connectivity index (χ1) is 10.4. The van der Waals surface area contributed by atoms with Crippen molar-refractivity contribution in [1.82, 2.24) is 19.5 Å². The zero-order valence-electron chi connectivity index (χ0n) is 12.4. The number of aliphatic hydroxyl groups excluding tert-OH is 1. The van der Waals surface area contributed by atoms with Gasteiger partial charge in [0.05, 0.1) is 20.0 Å². The molecule has 0 amide bonds. The second kappa shape index (κ2) is 5.11. The molecule has 1 aliphatic rings. The average molecular weight is 312 g/mol. The Balaban J connectivity index is 2.13. The number of aromatic nitrogens is 4. The zero-order valence-corrected chi connectivity index (χ0v) is 12.4. The minimum Gasteiger partial charge on any atom is -0.479 e. The maximum Gasteiger partial charge on any atom is 0.245 e. The monoisotopic (exact) mass is 312 g/mol. The van der Waals surface area contributed by atoms with Crippen LogP contribution < -0.4 is 4.74 Å². The molecule has 22 heavy (non-hydrogen) atoms. The van der Waals surface area contributed by atoms with Crippen LogP contribution in [-0.2, 0) is 4.74 Å². The number of fused-ring (bicyclic) bond motifs is 1. The van der Waals surface area contributed by atoms with Gasteiger partial charge in [-0.3, -0.25) is 4.57 Å². The highest BCUT2D eigenvalue weighted by Crippen LogP contribution is 2.41. The number of methoxy groups -OCH3 is 1. The Kier molecular flexibility index (Phi) is 3.50. The Bertz CT molecular complexity index is 705. The van der Waals surface area contributed by atoms with E-state index in [-0.39, 0.29) is 5.88 Å². The molecular weight excluding hydrogens is 295 g/mol. The normalized spacial score (nSPS) is 31.8. The third-order valence-electron chi connectivity index (χ3n) is 3.82. The van der Waals surface area contributed by atoms with Gasteiger partial charge >= 0.3 is 0 Å². The largest absolute Gasteiger partial charge is 0.479 e. The minimum absolute atomic E-state index is 0.286. The molecule has 2 aromatic heterocycles. The number of alkyl halides is 1. The van der Waals surface area contributed by atoms with Crippen LogP contribution >= 0.6 is 0 Å². The summed E-state index contributed by atoms with van der Waals surface area (Å²) < 4.78 is 26.2. The van der Waals surface area contributed by atoms with Crippen molar-refractivity contribution in [1.29, 1.82) is 0 Å². The number of aliphatic hydroxyl groups is 2. The molecule has 2 N–H and O–H groups in total. The Hall–Kier alpha value is -1.84. The third-order valence-corrected chi connectivity index (χ3v) is 3.82. The standard InChI is InChI=1S/C13H17FN4O4/c1-6-16-10-8(11(17-6)21-3)15-5-18(10)12-13(2,20)9(14)7(4-19)22-12/h5,7,9,12,19-20H,4H2,1-3H3/t7-,9+,12-,13-/m1/s1. The fourth-order valence-electron chi connectivity index (χ4n) is 2.68. The fraction of sp³-hybridized carbons (Fsp3) is 0.615. The number of hydrogen-bond donors (Lipinski definition) is 2. The van der Waals surface area contributed by atoms with Crippen molar-refractivity contribution < 1.29 is 24.1 Å². The Morgan fingerprint density at radius 3 is 2.82 bits per heavy atom. The van der Waals surface area contributed by atoms with E-state index < -0.39 is 30.7 Å². The first-order valence-electron chi connectivity index (χ1n) is 6.78. The highest BCUT2D eigenvalue weighted by Gasteiger charge is 2.54. The van der Waals surface area contributed by atoms with Crippen LogP contribution in [0, 0.1) is 6.92 Å². The number of rotatable bonds is 3. The molecule has 9 heteroatoms. The lowest BCUT2D eigenvalue weighted by Gasteiger charge is -2.26. The van der Waals surface area contributed by atoms with E-state index in [2.05, 4.69) is 15.0 Å². The summed E-state index contributed by atoms with van der Waals surface area (Å²) in [4.78, 5) is 12.5. The van der Waals surface area contributed by atoms with Crippen LogP contribution in [0.4, 0.5) is 4.39 Å². The third kappa shape index (κ3) is 2.04. The van der Waals surface area contributed by atoms with Gasteiger partial charge in [-0.1, -0.05) is 0 Å². The minimum atomic E-state index is -1.83. The SMILES string of the molecule is COc1nc(C)nc2c1ncn2[C@@H]1O[C@H](CO)[C@H](F)[C@@]1(C)O. The van der Waals surface area contributed by atoms with E-state index in [1.165, 1.54) is 24.9 Å². The summed E-state index contributed by atoms with van der Waals surface area (Å²) in [7, 11) is 1.46. The molecule has 0 spiro atoms. The van der Waals surface area contributed by atoms with E-state index in [4.69, 9.17) is 9.47 Å². The highest BCUT2D eigenvalue weighted by atomic mass is 19.1. The summed E-state index contributed by atoms with van der Waals surface area (Å²) in [5.41, 5.74) is -1.08. The summed E-state index contributed by atoms with van der Waals surface area (Å²) >= 11 is 0.